The molecule has 2 rings (SSSR count). The van der Waals surface area contributed by atoms with E-state index in [0.717, 1.165) is 12.8 Å². The van der Waals surface area contributed by atoms with Gasteiger partial charge < -0.3 is 15.5 Å². The lowest BCUT2D eigenvalue weighted by atomic mass is 9.96. The summed E-state index contributed by atoms with van der Waals surface area (Å²) in [6.07, 6.45) is 0.784. The lowest BCUT2D eigenvalue weighted by molar-refractivity contribution is -0.125. The van der Waals surface area contributed by atoms with Crippen molar-refractivity contribution in [3.05, 3.63) is 35.6 Å². The summed E-state index contributed by atoms with van der Waals surface area (Å²) in [6, 6.07) is 5.57. The zero-order valence-electron chi connectivity index (χ0n) is 11.5. The summed E-state index contributed by atoms with van der Waals surface area (Å²) < 4.78 is 13.1. The molecular formula is C15H20FNO3. The molecule has 1 aliphatic carbocycles. The third-order valence-corrected chi connectivity index (χ3v) is 3.84. The molecule has 1 fully saturated rings. The first kappa shape index (κ1) is 14.9. The van der Waals surface area contributed by atoms with Crippen molar-refractivity contribution in [3.8, 4) is 0 Å². The SMILES string of the molecule is CC(CO)(NC(=O)CC(O)c1cccc(F)c1)C1CC1. The van der Waals surface area contributed by atoms with Gasteiger partial charge in [-0.1, -0.05) is 12.1 Å². The summed E-state index contributed by atoms with van der Waals surface area (Å²) in [7, 11) is 0. The van der Waals surface area contributed by atoms with Crippen molar-refractivity contribution in [3.63, 3.8) is 0 Å². The van der Waals surface area contributed by atoms with Crippen LogP contribution in [0.25, 0.3) is 0 Å². The van der Waals surface area contributed by atoms with Gasteiger partial charge in [-0.15, -0.1) is 0 Å². The Morgan fingerprint density at radius 1 is 1.55 bits per heavy atom. The Morgan fingerprint density at radius 2 is 2.25 bits per heavy atom. The molecule has 0 saturated heterocycles. The van der Waals surface area contributed by atoms with Crippen molar-refractivity contribution in [2.24, 2.45) is 5.92 Å². The lowest BCUT2D eigenvalue weighted by Gasteiger charge is -2.29. The minimum Gasteiger partial charge on any atom is -0.394 e. The number of nitrogens with one attached hydrogen (secondary N) is 1. The van der Waals surface area contributed by atoms with E-state index < -0.39 is 17.5 Å². The van der Waals surface area contributed by atoms with E-state index in [1.807, 2.05) is 0 Å². The summed E-state index contributed by atoms with van der Waals surface area (Å²) in [4.78, 5) is 11.9. The Hall–Kier alpha value is -1.46. The predicted octanol–water partition coefficient (Wildman–Crippen LogP) is 1.53. The molecule has 3 N–H and O–H groups in total. The Kier molecular flexibility index (Phi) is 4.40. The van der Waals surface area contributed by atoms with Gasteiger partial charge in [0.05, 0.1) is 24.7 Å². The molecule has 0 spiro atoms. The van der Waals surface area contributed by atoms with E-state index >= 15 is 0 Å². The molecule has 1 aromatic rings. The molecule has 4 nitrogen and oxygen atoms in total. The van der Waals surface area contributed by atoms with Crippen LogP contribution in [-0.2, 0) is 4.79 Å². The Morgan fingerprint density at radius 3 is 2.80 bits per heavy atom. The number of amides is 1. The number of aliphatic hydroxyl groups is 2. The van der Waals surface area contributed by atoms with E-state index in [1.165, 1.54) is 18.2 Å². The van der Waals surface area contributed by atoms with Gasteiger partial charge in [-0.3, -0.25) is 4.79 Å². The van der Waals surface area contributed by atoms with E-state index in [2.05, 4.69) is 5.32 Å². The molecule has 0 aromatic heterocycles. The number of hydrogen-bond acceptors (Lipinski definition) is 3. The monoisotopic (exact) mass is 281 g/mol. The second-order valence-corrected chi connectivity index (χ2v) is 5.67. The van der Waals surface area contributed by atoms with E-state index in [9.17, 15) is 19.4 Å². The number of carbonyl (C=O) groups excluding carboxylic acids is 1. The Bertz CT molecular complexity index is 490. The van der Waals surface area contributed by atoms with Crippen molar-refractivity contribution in [1.29, 1.82) is 0 Å². The smallest absolute Gasteiger partial charge is 0.223 e. The highest BCUT2D eigenvalue weighted by Crippen LogP contribution is 2.39. The summed E-state index contributed by atoms with van der Waals surface area (Å²) in [5, 5.41) is 22.1. The molecule has 2 atom stereocenters. The fourth-order valence-corrected chi connectivity index (χ4v) is 2.37. The highest BCUT2D eigenvalue weighted by Gasteiger charge is 2.42. The summed E-state index contributed by atoms with van der Waals surface area (Å²) in [5.74, 6) is -0.492. The first-order valence-corrected chi connectivity index (χ1v) is 6.80. The lowest BCUT2D eigenvalue weighted by Crippen LogP contribution is -2.51. The van der Waals surface area contributed by atoms with Crippen molar-refractivity contribution >= 4 is 5.91 Å². The molecule has 5 heteroatoms. The second kappa shape index (κ2) is 5.89. The van der Waals surface area contributed by atoms with Gasteiger partial charge in [-0.2, -0.15) is 0 Å². The number of aliphatic hydroxyl groups excluding tert-OH is 2. The van der Waals surface area contributed by atoms with Crippen LogP contribution in [0.1, 0.15) is 37.9 Å². The van der Waals surface area contributed by atoms with Crippen LogP contribution >= 0.6 is 0 Å². The zero-order valence-corrected chi connectivity index (χ0v) is 11.5. The van der Waals surface area contributed by atoms with Crippen LogP contribution < -0.4 is 5.32 Å². The number of hydrogen-bond donors (Lipinski definition) is 3. The van der Waals surface area contributed by atoms with Gasteiger partial charge in [0.15, 0.2) is 0 Å². The maximum Gasteiger partial charge on any atom is 0.223 e. The first-order valence-electron chi connectivity index (χ1n) is 6.80. The number of halogens is 1. The number of benzene rings is 1. The van der Waals surface area contributed by atoms with E-state index in [0.29, 0.717) is 11.5 Å². The van der Waals surface area contributed by atoms with Crippen LogP contribution in [-0.4, -0.2) is 28.3 Å². The second-order valence-electron chi connectivity index (χ2n) is 5.67. The van der Waals surface area contributed by atoms with Gasteiger partial charge in [-0.25, -0.2) is 4.39 Å². The van der Waals surface area contributed by atoms with Gasteiger partial charge in [-0.05, 0) is 43.4 Å². The fraction of sp³-hybridized carbons (Fsp3) is 0.533. The summed E-state index contributed by atoms with van der Waals surface area (Å²) in [6.45, 7) is 1.68. The molecule has 0 heterocycles. The van der Waals surface area contributed by atoms with Gasteiger partial charge >= 0.3 is 0 Å². The highest BCUT2D eigenvalue weighted by molar-refractivity contribution is 5.77. The van der Waals surface area contributed by atoms with Crippen molar-refractivity contribution in [2.45, 2.75) is 37.8 Å². The molecule has 110 valence electrons. The van der Waals surface area contributed by atoms with Crippen LogP contribution in [0.3, 0.4) is 0 Å². The first-order chi connectivity index (χ1) is 9.44. The molecule has 0 radical (unpaired) electrons. The van der Waals surface area contributed by atoms with Gasteiger partial charge in [0.1, 0.15) is 5.82 Å². The van der Waals surface area contributed by atoms with E-state index in [-0.39, 0.29) is 18.9 Å². The van der Waals surface area contributed by atoms with Crippen LogP contribution in [0.4, 0.5) is 4.39 Å². The van der Waals surface area contributed by atoms with E-state index in [4.69, 9.17) is 0 Å². The van der Waals surface area contributed by atoms with Gasteiger partial charge in [0.2, 0.25) is 5.91 Å². The van der Waals surface area contributed by atoms with E-state index in [1.54, 1.807) is 13.0 Å². The third kappa shape index (κ3) is 3.55. The molecule has 0 aliphatic heterocycles. The molecule has 1 aliphatic rings. The maximum atomic E-state index is 13.1. The molecule has 2 unspecified atom stereocenters. The Labute approximate surface area is 117 Å². The third-order valence-electron chi connectivity index (χ3n) is 3.84. The normalized spacial score (nSPS) is 19.2. The predicted molar refractivity (Wildman–Crippen MR) is 72.3 cm³/mol. The molecule has 0 bridgehead atoms. The van der Waals surface area contributed by atoms with Gasteiger partial charge in [0, 0.05) is 0 Å². The van der Waals surface area contributed by atoms with Crippen molar-refractivity contribution in [1.82, 2.24) is 5.32 Å². The number of carbonyl (C=O) groups is 1. The molecule has 1 amide bonds. The van der Waals surface area contributed by atoms with Crippen LogP contribution in [0.5, 0.6) is 0 Å². The minimum absolute atomic E-state index is 0.126. The van der Waals surface area contributed by atoms with Crippen molar-refractivity contribution in [2.75, 3.05) is 6.61 Å². The average Bonchev–Trinajstić information content (AvgIpc) is 3.23. The highest BCUT2D eigenvalue weighted by atomic mass is 19.1. The van der Waals surface area contributed by atoms with Gasteiger partial charge in [0.25, 0.3) is 0 Å². The largest absolute Gasteiger partial charge is 0.394 e. The minimum atomic E-state index is -1.05. The summed E-state index contributed by atoms with van der Waals surface area (Å²) in [5.41, 5.74) is -0.254. The zero-order chi connectivity index (χ0) is 14.8. The molecular weight excluding hydrogens is 261 g/mol. The molecule has 1 saturated carbocycles. The number of rotatable bonds is 6. The fourth-order valence-electron chi connectivity index (χ4n) is 2.37. The van der Waals surface area contributed by atoms with Crippen LogP contribution in [0, 0.1) is 11.7 Å². The quantitative estimate of drug-likeness (QED) is 0.740. The molecule has 1 aromatic carbocycles. The maximum absolute atomic E-state index is 13.1. The average molecular weight is 281 g/mol. The Balaban J connectivity index is 1.94. The topological polar surface area (TPSA) is 69.6 Å². The van der Waals surface area contributed by atoms with Crippen LogP contribution in [0.15, 0.2) is 24.3 Å². The standard InChI is InChI=1S/C15H20FNO3/c1-15(9-18,11-5-6-11)17-14(20)8-13(19)10-3-2-4-12(16)7-10/h2-4,7,11,13,18-19H,5-6,8-9H2,1H3,(H,17,20). The molecule has 20 heavy (non-hydrogen) atoms. The van der Waals surface area contributed by atoms with Crippen LogP contribution in [0.2, 0.25) is 0 Å². The summed E-state index contributed by atoms with van der Waals surface area (Å²) >= 11 is 0. The van der Waals surface area contributed by atoms with Crippen molar-refractivity contribution < 1.29 is 19.4 Å².